The van der Waals surface area contributed by atoms with E-state index in [2.05, 4.69) is 10.3 Å². The number of para-hydroxylation sites is 1. The Kier molecular flexibility index (Phi) is 4.90. The SMILES string of the molecule is Cc1nccn1-c1ccccc1CNC(=O)C(O)c1ccc(F)cc1. The van der Waals surface area contributed by atoms with Crippen LogP contribution >= 0.6 is 0 Å². The second-order valence-corrected chi connectivity index (χ2v) is 5.65. The number of rotatable bonds is 5. The van der Waals surface area contributed by atoms with E-state index in [-0.39, 0.29) is 6.54 Å². The number of aliphatic hydroxyl groups is 1. The molecule has 0 bridgehead atoms. The molecule has 0 saturated carbocycles. The molecule has 5 nitrogen and oxygen atoms in total. The van der Waals surface area contributed by atoms with Gasteiger partial charge in [-0.05, 0) is 36.2 Å². The van der Waals surface area contributed by atoms with E-state index in [1.807, 2.05) is 42.0 Å². The highest BCUT2D eigenvalue weighted by Crippen LogP contribution is 2.17. The Balaban J connectivity index is 1.73. The number of hydrogen-bond acceptors (Lipinski definition) is 3. The summed E-state index contributed by atoms with van der Waals surface area (Å²) in [4.78, 5) is 16.4. The first kappa shape index (κ1) is 16.9. The lowest BCUT2D eigenvalue weighted by Gasteiger charge is -2.15. The molecule has 3 rings (SSSR count). The molecule has 1 atom stereocenters. The van der Waals surface area contributed by atoms with Crippen LogP contribution in [0, 0.1) is 12.7 Å². The first-order chi connectivity index (χ1) is 12.1. The zero-order valence-electron chi connectivity index (χ0n) is 13.7. The maximum absolute atomic E-state index is 12.9. The summed E-state index contributed by atoms with van der Waals surface area (Å²) >= 11 is 0. The number of nitrogens with zero attached hydrogens (tertiary/aromatic N) is 2. The van der Waals surface area contributed by atoms with Crippen molar-refractivity contribution in [2.24, 2.45) is 0 Å². The molecule has 2 aromatic carbocycles. The van der Waals surface area contributed by atoms with Gasteiger partial charge in [0.15, 0.2) is 6.10 Å². The van der Waals surface area contributed by atoms with Gasteiger partial charge >= 0.3 is 0 Å². The number of aromatic nitrogens is 2. The lowest BCUT2D eigenvalue weighted by Crippen LogP contribution is -2.29. The third-order valence-electron chi connectivity index (χ3n) is 3.96. The van der Waals surface area contributed by atoms with Crippen LogP contribution in [-0.2, 0) is 11.3 Å². The minimum atomic E-state index is -1.34. The van der Waals surface area contributed by atoms with Gasteiger partial charge < -0.3 is 15.0 Å². The third kappa shape index (κ3) is 3.75. The number of carbonyl (C=O) groups excluding carboxylic acids is 1. The molecule has 0 fully saturated rings. The molecule has 0 radical (unpaired) electrons. The normalized spacial score (nSPS) is 12.0. The topological polar surface area (TPSA) is 67.2 Å². The maximum atomic E-state index is 12.9. The molecule has 0 aliphatic carbocycles. The number of aliphatic hydroxyl groups excluding tert-OH is 1. The van der Waals surface area contributed by atoms with Crippen LogP contribution in [0.25, 0.3) is 5.69 Å². The largest absolute Gasteiger partial charge is 0.378 e. The number of aryl methyl sites for hydroxylation is 1. The fourth-order valence-corrected chi connectivity index (χ4v) is 2.60. The van der Waals surface area contributed by atoms with Crippen molar-refractivity contribution < 1.29 is 14.3 Å². The van der Waals surface area contributed by atoms with Crippen LogP contribution in [-0.4, -0.2) is 20.6 Å². The van der Waals surface area contributed by atoms with Gasteiger partial charge in [0.05, 0.1) is 5.69 Å². The van der Waals surface area contributed by atoms with Crippen LogP contribution in [0.3, 0.4) is 0 Å². The average molecular weight is 339 g/mol. The van der Waals surface area contributed by atoms with Crippen molar-refractivity contribution in [2.75, 3.05) is 0 Å². The van der Waals surface area contributed by atoms with E-state index in [1.165, 1.54) is 24.3 Å². The number of imidazole rings is 1. The van der Waals surface area contributed by atoms with E-state index in [4.69, 9.17) is 0 Å². The van der Waals surface area contributed by atoms with E-state index in [0.717, 1.165) is 17.1 Å². The van der Waals surface area contributed by atoms with Gasteiger partial charge in [-0.3, -0.25) is 4.79 Å². The Morgan fingerprint density at radius 3 is 2.64 bits per heavy atom. The smallest absolute Gasteiger partial charge is 0.253 e. The summed E-state index contributed by atoms with van der Waals surface area (Å²) in [6.07, 6.45) is 2.22. The number of benzene rings is 2. The van der Waals surface area contributed by atoms with E-state index in [1.54, 1.807) is 6.20 Å². The van der Waals surface area contributed by atoms with Crippen LogP contribution in [0.15, 0.2) is 60.9 Å². The van der Waals surface area contributed by atoms with Gasteiger partial charge in [0.2, 0.25) is 0 Å². The molecule has 0 spiro atoms. The highest BCUT2D eigenvalue weighted by Gasteiger charge is 2.17. The second-order valence-electron chi connectivity index (χ2n) is 5.65. The summed E-state index contributed by atoms with van der Waals surface area (Å²) in [6, 6.07) is 12.8. The summed E-state index contributed by atoms with van der Waals surface area (Å²) in [5.41, 5.74) is 2.15. The second kappa shape index (κ2) is 7.27. The Morgan fingerprint density at radius 1 is 1.24 bits per heavy atom. The number of nitrogens with one attached hydrogen (secondary N) is 1. The number of hydrogen-bond donors (Lipinski definition) is 2. The predicted molar refractivity (Wildman–Crippen MR) is 91.5 cm³/mol. The van der Waals surface area contributed by atoms with Crippen molar-refractivity contribution >= 4 is 5.91 Å². The summed E-state index contributed by atoms with van der Waals surface area (Å²) in [5.74, 6) is -0.116. The van der Waals surface area contributed by atoms with Crippen molar-refractivity contribution in [3.05, 3.63) is 83.7 Å². The van der Waals surface area contributed by atoms with E-state index < -0.39 is 17.8 Å². The fraction of sp³-hybridized carbons (Fsp3) is 0.158. The summed E-state index contributed by atoms with van der Waals surface area (Å²) in [6.45, 7) is 2.15. The zero-order valence-corrected chi connectivity index (χ0v) is 13.7. The summed E-state index contributed by atoms with van der Waals surface area (Å²) in [5, 5.41) is 12.8. The lowest BCUT2D eigenvalue weighted by molar-refractivity contribution is -0.129. The molecule has 0 saturated heterocycles. The Labute approximate surface area is 144 Å². The van der Waals surface area contributed by atoms with Gasteiger partial charge in [-0.25, -0.2) is 9.37 Å². The van der Waals surface area contributed by atoms with Gasteiger partial charge in [0, 0.05) is 18.9 Å². The molecule has 0 aliphatic heterocycles. The minimum Gasteiger partial charge on any atom is -0.378 e. The van der Waals surface area contributed by atoms with Crippen LogP contribution in [0.1, 0.15) is 23.1 Å². The van der Waals surface area contributed by atoms with Crippen LogP contribution in [0.2, 0.25) is 0 Å². The minimum absolute atomic E-state index is 0.255. The zero-order chi connectivity index (χ0) is 17.8. The highest BCUT2D eigenvalue weighted by atomic mass is 19.1. The molecule has 128 valence electrons. The molecule has 2 N–H and O–H groups in total. The third-order valence-corrected chi connectivity index (χ3v) is 3.96. The van der Waals surface area contributed by atoms with Crippen LogP contribution < -0.4 is 5.32 Å². The summed E-state index contributed by atoms with van der Waals surface area (Å²) < 4.78 is 14.9. The van der Waals surface area contributed by atoms with Gasteiger partial charge in [-0.15, -0.1) is 0 Å². The van der Waals surface area contributed by atoms with Crippen molar-refractivity contribution in [3.8, 4) is 5.69 Å². The molecule has 1 heterocycles. The van der Waals surface area contributed by atoms with Crippen LogP contribution in [0.4, 0.5) is 4.39 Å². The van der Waals surface area contributed by atoms with Gasteiger partial charge in [0.25, 0.3) is 5.91 Å². The monoisotopic (exact) mass is 339 g/mol. The highest BCUT2D eigenvalue weighted by molar-refractivity contribution is 5.81. The maximum Gasteiger partial charge on any atom is 0.253 e. The molecule has 6 heteroatoms. The van der Waals surface area contributed by atoms with Crippen molar-refractivity contribution in [1.82, 2.24) is 14.9 Å². The molecule has 3 aromatic rings. The van der Waals surface area contributed by atoms with E-state index >= 15 is 0 Å². The molecule has 1 aromatic heterocycles. The quantitative estimate of drug-likeness (QED) is 0.751. The summed E-state index contributed by atoms with van der Waals surface area (Å²) in [7, 11) is 0. The molecular formula is C19H18FN3O2. The standard InChI is InChI=1S/C19H18FN3O2/c1-13-21-10-11-23(13)17-5-3-2-4-15(17)12-22-19(25)18(24)14-6-8-16(20)9-7-14/h2-11,18,24H,12H2,1H3,(H,22,25). The van der Waals surface area contributed by atoms with Crippen molar-refractivity contribution in [2.45, 2.75) is 19.6 Å². The van der Waals surface area contributed by atoms with Crippen LogP contribution in [0.5, 0.6) is 0 Å². The van der Waals surface area contributed by atoms with E-state index in [0.29, 0.717) is 5.56 Å². The van der Waals surface area contributed by atoms with Crippen molar-refractivity contribution in [1.29, 1.82) is 0 Å². The Bertz CT molecular complexity index is 874. The molecule has 25 heavy (non-hydrogen) atoms. The molecule has 1 amide bonds. The number of halogens is 1. The number of amides is 1. The van der Waals surface area contributed by atoms with E-state index in [9.17, 15) is 14.3 Å². The lowest BCUT2D eigenvalue weighted by atomic mass is 10.1. The average Bonchev–Trinajstić information content (AvgIpc) is 3.05. The fourth-order valence-electron chi connectivity index (χ4n) is 2.60. The molecular weight excluding hydrogens is 321 g/mol. The van der Waals surface area contributed by atoms with Gasteiger partial charge in [-0.2, -0.15) is 0 Å². The number of carbonyl (C=O) groups is 1. The van der Waals surface area contributed by atoms with Crippen molar-refractivity contribution in [3.63, 3.8) is 0 Å². The first-order valence-electron chi connectivity index (χ1n) is 7.86. The first-order valence-corrected chi connectivity index (χ1v) is 7.86. The van der Waals surface area contributed by atoms with Gasteiger partial charge in [0.1, 0.15) is 11.6 Å². The Morgan fingerprint density at radius 2 is 1.96 bits per heavy atom. The molecule has 1 unspecified atom stereocenters. The Hall–Kier alpha value is -2.99. The predicted octanol–water partition coefficient (Wildman–Crippen LogP) is 2.67. The molecule has 0 aliphatic rings. The van der Waals surface area contributed by atoms with Gasteiger partial charge in [-0.1, -0.05) is 30.3 Å².